The third-order valence-corrected chi connectivity index (χ3v) is 4.63. The second-order valence-corrected chi connectivity index (χ2v) is 6.68. The molecule has 0 radical (unpaired) electrons. The standard InChI is InChI=1S/C18H16N4O3S/c23-18(9-13-2-1-7-26-13)20-17-6-5-16(21-22-17)19-10-12-3-4-14-15(8-12)25-11-24-14/h1-8H,9-11H2,(H,19,21)(H,20,22,23). The number of ether oxygens (including phenoxy) is 2. The van der Waals surface area contributed by atoms with Gasteiger partial charge >= 0.3 is 0 Å². The predicted octanol–water partition coefficient (Wildman–Crippen LogP) is 3.06. The number of fused-ring (bicyclic) bond motifs is 1. The molecule has 0 unspecified atom stereocenters. The molecule has 4 rings (SSSR count). The van der Waals surface area contributed by atoms with E-state index in [9.17, 15) is 4.79 Å². The van der Waals surface area contributed by atoms with Crippen LogP contribution in [-0.2, 0) is 17.8 Å². The molecule has 1 aliphatic heterocycles. The summed E-state index contributed by atoms with van der Waals surface area (Å²) in [4.78, 5) is 13.0. The molecule has 132 valence electrons. The number of hydrogen-bond donors (Lipinski definition) is 2. The van der Waals surface area contributed by atoms with Crippen molar-refractivity contribution < 1.29 is 14.3 Å². The highest BCUT2D eigenvalue weighted by molar-refractivity contribution is 7.10. The van der Waals surface area contributed by atoms with Crippen molar-refractivity contribution in [3.05, 3.63) is 58.3 Å². The normalized spacial score (nSPS) is 12.0. The Kier molecular flexibility index (Phi) is 4.65. The second-order valence-electron chi connectivity index (χ2n) is 5.65. The lowest BCUT2D eigenvalue weighted by atomic mass is 10.2. The van der Waals surface area contributed by atoms with Gasteiger partial charge in [-0.1, -0.05) is 12.1 Å². The number of aromatic nitrogens is 2. The van der Waals surface area contributed by atoms with Crippen LogP contribution in [-0.4, -0.2) is 22.9 Å². The third kappa shape index (κ3) is 3.92. The van der Waals surface area contributed by atoms with Crippen LogP contribution in [0.1, 0.15) is 10.4 Å². The maximum atomic E-state index is 12.0. The van der Waals surface area contributed by atoms with Crippen LogP contribution in [0.15, 0.2) is 47.8 Å². The molecular formula is C18H16N4O3S. The number of nitrogens with one attached hydrogen (secondary N) is 2. The molecule has 1 amide bonds. The van der Waals surface area contributed by atoms with Crippen LogP contribution in [0.3, 0.4) is 0 Å². The molecule has 2 aromatic heterocycles. The number of benzene rings is 1. The maximum Gasteiger partial charge on any atom is 0.231 e. The number of carbonyl (C=O) groups excluding carboxylic acids is 1. The molecule has 2 N–H and O–H groups in total. The molecule has 0 fully saturated rings. The lowest BCUT2D eigenvalue weighted by Crippen LogP contribution is -2.15. The zero-order chi connectivity index (χ0) is 17.8. The number of anilines is 2. The molecule has 7 nitrogen and oxygen atoms in total. The number of hydrogen-bond acceptors (Lipinski definition) is 7. The summed E-state index contributed by atoms with van der Waals surface area (Å²) in [7, 11) is 0. The van der Waals surface area contributed by atoms with Gasteiger partial charge in [-0.05, 0) is 41.3 Å². The van der Waals surface area contributed by atoms with Crippen molar-refractivity contribution in [3.63, 3.8) is 0 Å². The minimum absolute atomic E-state index is 0.109. The maximum absolute atomic E-state index is 12.0. The molecule has 0 saturated heterocycles. The molecule has 3 aromatic rings. The van der Waals surface area contributed by atoms with Gasteiger partial charge in [-0.25, -0.2) is 0 Å². The van der Waals surface area contributed by atoms with Crippen LogP contribution in [0.25, 0.3) is 0 Å². The van der Waals surface area contributed by atoms with Crippen molar-refractivity contribution in [2.75, 3.05) is 17.4 Å². The second kappa shape index (κ2) is 7.40. The number of rotatable bonds is 6. The highest BCUT2D eigenvalue weighted by Gasteiger charge is 2.13. The molecule has 8 heteroatoms. The summed E-state index contributed by atoms with van der Waals surface area (Å²) in [6, 6.07) is 13.1. The van der Waals surface area contributed by atoms with Gasteiger partial charge in [0, 0.05) is 11.4 Å². The summed E-state index contributed by atoms with van der Waals surface area (Å²) in [5.41, 5.74) is 1.05. The van der Waals surface area contributed by atoms with Gasteiger partial charge in [0.2, 0.25) is 12.7 Å². The van der Waals surface area contributed by atoms with Crippen molar-refractivity contribution >= 4 is 28.9 Å². The van der Waals surface area contributed by atoms with Gasteiger partial charge in [0.25, 0.3) is 0 Å². The predicted molar refractivity (Wildman–Crippen MR) is 98.6 cm³/mol. The Hall–Kier alpha value is -3.13. The first-order valence-electron chi connectivity index (χ1n) is 8.05. The Morgan fingerprint density at radius 2 is 1.92 bits per heavy atom. The minimum Gasteiger partial charge on any atom is -0.454 e. The molecule has 3 heterocycles. The average Bonchev–Trinajstić information content (AvgIpc) is 3.32. The van der Waals surface area contributed by atoms with E-state index in [2.05, 4.69) is 20.8 Å². The van der Waals surface area contributed by atoms with E-state index in [-0.39, 0.29) is 12.7 Å². The van der Waals surface area contributed by atoms with Crippen LogP contribution in [0.2, 0.25) is 0 Å². The van der Waals surface area contributed by atoms with Crippen LogP contribution in [0.4, 0.5) is 11.6 Å². The lowest BCUT2D eigenvalue weighted by Gasteiger charge is -2.07. The summed E-state index contributed by atoms with van der Waals surface area (Å²) >= 11 is 1.55. The molecular weight excluding hydrogens is 352 g/mol. The topological polar surface area (TPSA) is 85.4 Å². The Bertz CT molecular complexity index is 897. The number of nitrogens with zero attached hydrogens (tertiary/aromatic N) is 2. The molecule has 0 saturated carbocycles. The zero-order valence-corrected chi connectivity index (χ0v) is 14.6. The van der Waals surface area contributed by atoms with Crippen molar-refractivity contribution in [2.45, 2.75) is 13.0 Å². The molecule has 26 heavy (non-hydrogen) atoms. The van der Waals surface area contributed by atoms with Crippen LogP contribution >= 0.6 is 11.3 Å². The highest BCUT2D eigenvalue weighted by atomic mass is 32.1. The minimum atomic E-state index is -0.109. The van der Waals surface area contributed by atoms with E-state index < -0.39 is 0 Å². The van der Waals surface area contributed by atoms with Gasteiger partial charge in [-0.2, -0.15) is 0 Å². The average molecular weight is 368 g/mol. The van der Waals surface area contributed by atoms with Gasteiger partial charge in [-0.3, -0.25) is 4.79 Å². The van der Waals surface area contributed by atoms with E-state index in [4.69, 9.17) is 9.47 Å². The first-order chi connectivity index (χ1) is 12.8. The van der Waals surface area contributed by atoms with Gasteiger partial charge in [-0.15, -0.1) is 21.5 Å². The number of amides is 1. The molecule has 1 aromatic carbocycles. The third-order valence-electron chi connectivity index (χ3n) is 3.76. The largest absolute Gasteiger partial charge is 0.454 e. The first kappa shape index (κ1) is 16.3. The fourth-order valence-electron chi connectivity index (χ4n) is 2.50. The van der Waals surface area contributed by atoms with Crippen molar-refractivity contribution in [3.8, 4) is 11.5 Å². The Morgan fingerprint density at radius 1 is 1.08 bits per heavy atom. The van der Waals surface area contributed by atoms with E-state index in [0.29, 0.717) is 24.6 Å². The van der Waals surface area contributed by atoms with E-state index in [0.717, 1.165) is 21.9 Å². The summed E-state index contributed by atoms with van der Waals surface area (Å²) in [6.45, 7) is 0.840. The fraction of sp³-hybridized carbons (Fsp3) is 0.167. The SMILES string of the molecule is O=C(Cc1cccs1)Nc1ccc(NCc2ccc3c(c2)OCO3)nn1. The van der Waals surface area contributed by atoms with Crippen molar-refractivity contribution in [1.82, 2.24) is 10.2 Å². The summed E-state index contributed by atoms with van der Waals surface area (Å²) in [5.74, 6) is 2.46. The van der Waals surface area contributed by atoms with Crippen LogP contribution in [0.5, 0.6) is 11.5 Å². The Labute approximate surface area is 154 Å². The van der Waals surface area contributed by atoms with Gasteiger partial charge in [0.15, 0.2) is 17.3 Å². The smallest absolute Gasteiger partial charge is 0.231 e. The monoisotopic (exact) mass is 368 g/mol. The summed E-state index contributed by atoms with van der Waals surface area (Å²) < 4.78 is 10.7. The van der Waals surface area contributed by atoms with E-state index in [1.807, 2.05) is 35.7 Å². The molecule has 0 bridgehead atoms. The quantitative estimate of drug-likeness (QED) is 0.696. The van der Waals surface area contributed by atoms with Gasteiger partial charge < -0.3 is 20.1 Å². The Morgan fingerprint density at radius 3 is 2.73 bits per heavy atom. The fourth-order valence-corrected chi connectivity index (χ4v) is 3.20. The summed E-state index contributed by atoms with van der Waals surface area (Å²) in [5, 5.41) is 16.0. The van der Waals surface area contributed by atoms with Gasteiger partial charge in [0.1, 0.15) is 5.82 Å². The molecule has 0 aliphatic carbocycles. The molecule has 0 atom stereocenters. The van der Waals surface area contributed by atoms with E-state index in [1.54, 1.807) is 23.5 Å². The molecule has 1 aliphatic rings. The Balaban J connectivity index is 1.30. The number of carbonyl (C=O) groups is 1. The first-order valence-corrected chi connectivity index (χ1v) is 8.92. The zero-order valence-electron chi connectivity index (χ0n) is 13.8. The van der Waals surface area contributed by atoms with Crippen LogP contribution in [0, 0.1) is 0 Å². The number of thiophene rings is 1. The van der Waals surface area contributed by atoms with Crippen molar-refractivity contribution in [1.29, 1.82) is 0 Å². The van der Waals surface area contributed by atoms with E-state index >= 15 is 0 Å². The lowest BCUT2D eigenvalue weighted by molar-refractivity contribution is -0.115. The van der Waals surface area contributed by atoms with E-state index in [1.165, 1.54) is 0 Å². The highest BCUT2D eigenvalue weighted by Crippen LogP contribution is 2.32. The molecule has 0 spiro atoms. The van der Waals surface area contributed by atoms with Gasteiger partial charge in [0.05, 0.1) is 6.42 Å². The summed E-state index contributed by atoms with van der Waals surface area (Å²) in [6.07, 6.45) is 0.337. The van der Waals surface area contributed by atoms with Crippen LogP contribution < -0.4 is 20.1 Å². The van der Waals surface area contributed by atoms with Crippen molar-refractivity contribution in [2.24, 2.45) is 0 Å².